The summed E-state index contributed by atoms with van der Waals surface area (Å²) in [4.78, 5) is 10.7. The van der Waals surface area contributed by atoms with E-state index in [1.54, 1.807) is 0 Å². The average molecular weight is 195 g/mol. The Kier molecular flexibility index (Phi) is 2.36. The van der Waals surface area contributed by atoms with Gasteiger partial charge < -0.3 is 0 Å². The predicted octanol–water partition coefficient (Wildman–Crippen LogP) is 2.56. The van der Waals surface area contributed by atoms with Gasteiger partial charge in [-0.05, 0) is 41.5 Å². The molecule has 0 N–H and O–H groups in total. The first kappa shape index (κ1) is 8.76. The van der Waals surface area contributed by atoms with Gasteiger partial charge in [-0.3, -0.25) is 4.79 Å². The van der Waals surface area contributed by atoms with Crippen molar-refractivity contribution in [2.75, 3.05) is 0 Å². The van der Waals surface area contributed by atoms with Gasteiger partial charge in [-0.15, -0.1) is 0 Å². The fourth-order valence-corrected chi connectivity index (χ4v) is 2.24. The fourth-order valence-electron chi connectivity index (χ4n) is 2.02. The van der Waals surface area contributed by atoms with Crippen molar-refractivity contribution in [3.63, 3.8) is 0 Å². The zero-order chi connectivity index (χ0) is 9.26. The maximum absolute atomic E-state index is 10.7. The largest absolute Gasteiger partial charge is 0.281 e. The fraction of sp³-hybridized carbons (Fsp3) is 0.364. The standard InChI is InChI=1S/C11H11ClO/c12-11(13)7-8-5-9-3-1-2-4-10(9)6-8/h1-4,8H,5-7H2. The topological polar surface area (TPSA) is 17.1 Å². The van der Waals surface area contributed by atoms with E-state index in [9.17, 15) is 4.79 Å². The Bertz CT molecular complexity index is 308. The van der Waals surface area contributed by atoms with Crippen LogP contribution in [0.2, 0.25) is 0 Å². The van der Waals surface area contributed by atoms with E-state index in [0.717, 1.165) is 12.8 Å². The van der Waals surface area contributed by atoms with Crippen molar-refractivity contribution < 1.29 is 4.79 Å². The summed E-state index contributed by atoms with van der Waals surface area (Å²) in [5, 5.41) is -0.210. The molecule has 0 heterocycles. The van der Waals surface area contributed by atoms with Crippen LogP contribution >= 0.6 is 11.6 Å². The molecule has 2 rings (SSSR count). The second-order valence-corrected chi connectivity index (χ2v) is 4.02. The number of carbonyl (C=O) groups excluding carboxylic acids is 1. The first-order valence-corrected chi connectivity index (χ1v) is 4.88. The highest BCUT2D eigenvalue weighted by atomic mass is 35.5. The highest BCUT2D eigenvalue weighted by Crippen LogP contribution is 2.28. The molecule has 1 aromatic rings. The van der Waals surface area contributed by atoms with Gasteiger partial charge in [0.25, 0.3) is 0 Å². The minimum atomic E-state index is -0.210. The highest BCUT2D eigenvalue weighted by Gasteiger charge is 2.22. The molecule has 0 bridgehead atoms. The summed E-state index contributed by atoms with van der Waals surface area (Å²) < 4.78 is 0. The summed E-state index contributed by atoms with van der Waals surface area (Å²) in [5.41, 5.74) is 2.76. The van der Waals surface area contributed by atoms with E-state index in [1.165, 1.54) is 11.1 Å². The second-order valence-electron chi connectivity index (χ2n) is 3.60. The molecule has 2 heteroatoms. The van der Waals surface area contributed by atoms with Crippen LogP contribution in [0, 0.1) is 5.92 Å². The molecule has 1 aliphatic carbocycles. The van der Waals surface area contributed by atoms with E-state index >= 15 is 0 Å². The Labute approximate surface area is 82.7 Å². The van der Waals surface area contributed by atoms with Crippen LogP contribution in [0.3, 0.4) is 0 Å². The molecule has 0 spiro atoms. The van der Waals surface area contributed by atoms with E-state index in [0.29, 0.717) is 12.3 Å². The lowest BCUT2D eigenvalue weighted by Crippen LogP contribution is -2.03. The number of fused-ring (bicyclic) bond motifs is 1. The van der Waals surface area contributed by atoms with Crippen molar-refractivity contribution >= 4 is 16.8 Å². The average Bonchev–Trinajstić information content (AvgIpc) is 2.44. The number of hydrogen-bond acceptors (Lipinski definition) is 1. The minimum absolute atomic E-state index is 0.210. The van der Waals surface area contributed by atoms with Crippen LogP contribution in [-0.2, 0) is 17.6 Å². The maximum atomic E-state index is 10.7. The lowest BCUT2D eigenvalue weighted by atomic mass is 10.0. The van der Waals surface area contributed by atoms with Crippen molar-refractivity contribution in [2.24, 2.45) is 5.92 Å². The number of hydrogen-bond donors (Lipinski definition) is 0. The predicted molar refractivity (Wildman–Crippen MR) is 52.8 cm³/mol. The van der Waals surface area contributed by atoms with Crippen molar-refractivity contribution in [1.82, 2.24) is 0 Å². The van der Waals surface area contributed by atoms with E-state index in [-0.39, 0.29) is 5.24 Å². The summed E-state index contributed by atoms with van der Waals surface area (Å²) in [6, 6.07) is 8.36. The van der Waals surface area contributed by atoms with Gasteiger partial charge in [-0.25, -0.2) is 0 Å². The second kappa shape index (κ2) is 3.51. The summed E-state index contributed by atoms with van der Waals surface area (Å²) in [6.07, 6.45) is 2.53. The van der Waals surface area contributed by atoms with E-state index in [1.807, 2.05) is 12.1 Å². The molecular formula is C11H11ClO. The van der Waals surface area contributed by atoms with Crippen LogP contribution < -0.4 is 0 Å². The van der Waals surface area contributed by atoms with E-state index in [2.05, 4.69) is 12.1 Å². The Morgan fingerprint density at radius 1 is 1.31 bits per heavy atom. The molecule has 0 fully saturated rings. The summed E-state index contributed by atoms with van der Waals surface area (Å²) in [5.74, 6) is 0.433. The Morgan fingerprint density at radius 3 is 2.31 bits per heavy atom. The van der Waals surface area contributed by atoms with Crippen molar-refractivity contribution in [3.05, 3.63) is 35.4 Å². The van der Waals surface area contributed by atoms with Crippen molar-refractivity contribution in [1.29, 1.82) is 0 Å². The van der Waals surface area contributed by atoms with Gasteiger partial charge in [0.15, 0.2) is 0 Å². The lowest BCUT2D eigenvalue weighted by Gasteiger charge is -2.02. The van der Waals surface area contributed by atoms with Crippen molar-refractivity contribution in [2.45, 2.75) is 19.3 Å². The third-order valence-corrected chi connectivity index (χ3v) is 2.74. The summed E-state index contributed by atoms with van der Waals surface area (Å²) in [6.45, 7) is 0. The Balaban J connectivity index is 2.09. The third-order valence-electron chi connectivity index (χ3n) is 2.58. The SMILES string of the molecule is O=C(Cl)CC1Cc2ccccc2C1. The molecule has 13 heavy (non-hydrogen) atoms. The molecule has 1 aromatic carbocycles. The zero-order valence-electron chi connectivity index (χ0n) is 7.29. The minimum Gasteiger partial charge on any atom is -0.281 e. The quantitative estimate of drug-likeness (QED) is 0.662. The molecule has 0 aliphatic heterocycles. The van der Waals surface area contributed by atoms with Crippen LogP contribution in [-0.4, -0.2) is 5.24 Å². The maximum Gasteiger partial charge on any atom is 0.221 e. The molecule has 0 saturated heterocycles. The number of rotatable bonds is 2. The van der Waals surface area contributed by atoms with Gasteiger partial charge in [0.05, 0.1) is 0 Å². The molecule has 0 saturated carbocycles. The Hall–Kier alpha value is -0.820. The van der Waals surface area contributed by atoms with Crippen LogP contribution in [0.1, 0.15) is 17.5 Å². The zero-order valence-corrected chi connectivity index (χ0v) is 8.05. The van der Waals surface area contributed by atoms with Gasteiger partial charge in [0, 0.05) is 6.42 Å². The molecule has 1 aliphatic rings. The van der Waals surface area contributed by atoms with Gasteiger partial charge in [0.1, 0.15) is 0 Å². The number of carbonyl (C=O) groups is 1. The first-order chi connectivity index (χ1) is 6.25. The lowest BCUT2D eigenvalue weighted by molar-refractivity contribution is -0.112. The molecule has 0 amide bonds. The highest BCUT2D eigenvalue weighted by molar-refractivity contribution is 6.63. The smallest absolute Gasteiger partial charge is 0.221 e. The van der Waals surface area contributed by atoms with Crippen molar-refractivity contribution in [3.8, 4) is 0 Å². The third kappa shape index (κ3) is 1.92. The first-order valence-electron chi connectivity index (χ1n) is 4.51. The summed E-state index contributed by atoms with van der Waals surface area (Å²) >= 11 is 5.36. The van der Waals surface area contributed by atoms with Crippen LogP contribution in [0.5, 0.6) is 0 Å². The van der Waals surface area contributed by atoms with Gasteiger partial charge in [-0.2, -0.15) is 0 Å². The molecular weight excluding hydrogens is 184 g/mol. The van der Waals surface area contributed by atoms with Gasteiger partial charge in [0.2, 0.25) is 5.24 Å². The molecule has 68 valence electrons. The van der Waals surface area contributed by atoms with Crippen LogP contribution in [0.4, 0.5) is 0 Å². The molecule has 0 atom stereocenters. The molecule has 1 nitrogen and oxygen atoms in total. The summed E-state index contributed by atoms with van der Waals surface area (Å²) in [7, 11) is 0. The van der Waals surface area contributed by atoms with E-state index in [4.69, 9.17) is 11.6 Å². The molecule has 0 radical (unpaired) electrons. The number of benzene rings is 1. The number of halogens is 1. The normalized spacial score (nSPS) is 15.8. The van der Waals surface area contributed by atoms with Gasteiger partial charge >= 0.3 is 0 Å². The van der Waals surface area contributed by atoms with E-state index < -0.39 is 0 Å². The van der Waals surface area contributed by atoms with Crippen LogP contribution in [0.15, 0.2) is 24.3 Å². The molecule has 0 unspecified atom stereocenters. The van der Waals surface area contributed by atoms with Gasteiger partial charge in [-0.1, -0.05) is 24.3 Å². The Morgan fingerprint density at radius 2 is 1.85 bits per heavy atom. The molecule has 0 aromatic heterocycles. The van der Waals surface area contributed by atoms with Crippen LogP contribution in [0.25, 0.3) is 0 Å². The monoisotopic (exact) mass is 194 g/mol.